The lowest BCUT2D eigenvalue weighted by Gasteiger charge is -2.35. The molecule has 1 spiro atoms. The summed E-state index contributed by atoms with van der Waals surface area (Å²) in [5.41, 5.74) is 4.66. The van der Waals surface area contributed by atoms with Crippen LogP contribution in [0.1, 0.15) is 18.1 Å². The van der Waals surface area contributed by atoms with Gasteiger partial charge in [0.25, 0.3) is 0 Å². The van der Waals surface area contributed by atoms with Gasteiger partial charge in [-0.15, -0.1) is 0 Å². The maximum absolute atomic E-state index is 14.2. The molecule has 0 radical (unpaired) electrons. The number of carbonyl (C=O) groups is 1. The number of carbonyl (C=O) groups excluding carboxylic acids is 1. The van der Waals surface area contributed by atoms with E-state index in [9.17, 15) is 20.0 Å². The number of ether oxygens (including phenoxy) is 3. The zero-order chi connectivity index (χ0) is 29.2. The quantitative estimate of drug-likeness (QED) is 0.359. The largest absolute Gasteiger partial charge is 0.507 e. The summed E-state index contributed by atoms with van der Waals surface area (Å²) in [4.78, 5) is 29.3. The summed E-state index contributed by atoms with van der Waals surface area (Å²) in [6.45, 7) is 2.03. The fourth-order valence-electron chi connectivity index (χ4n) is 5.74. The van der Waals surface area contributed by atoms with Gasteiger partial charge in [0.05, 0.1) is 25.3 Å². The number of fused-ring (bicyclic) bond motifs is 5. The molecule has 1 atom stereocenters. The Morgan fingerprint density at radius 3 is 2.59 bits per heavy atom. The predicted molar refractivity (Wildman–Crippen MR) is 150 cm³/mol. The number of nitriles is 1. The number of aromatic hydroxyl groups is 1. The Kier molecular flexibility index (Phi) is 5.87. The van der Waals surface area contributed by atoms with Gasteiger partial charge in [-0.05, 0) is 37.3 Å². The van der Waals surface area contributed by atoms with Crippen LogP contribution in [0.2, 0.25) is 5.02 Å². The van der Waals surface area contributed by atoms with E-state index in [2.05, 4.69) is 0 Å². The maximum atomic E-state index is 14.2. The topological polar surface area (TPSA) is 148 Å². The summed E-state index contributed by atoms with van der Waals surface area (Å²) in [5, 5.41) is 22.1. The molecule has 4 aromatic rings. The van der Waals surface area contributed by atoms with Crippen LogP contribution in [0.15, 0.2) is 69.2 Å². The van der Waals surface area contributed by atoms with Crippen molar-refractivity contribution < 1.29 is 28.5 Å². The van der Waals surface area contributed by atoms with Gasteiger partial charge in [0.1, 0.15) is 56.8 Å². The number of halogens is 1. The highest BCUT2D eigenvalue weighted by molar-refractivity contribution is 6.31. The van der Waals surface area contributed by atoms with Crippen LogP contribution >= 0.6 is 11.6 Å². The molecule has 3 aromatic carbocycles. The first-order chi connectivity index (χ1) is 19.7. The van der Waals surface area contributed by atoms with Crippen molar-refractivity contribution in [2.24, 2.45) is 5.73 Å². The number of nitrogens with zero attached hydrogens (tertiary/aromatic N) is 2. The molecule has 206 valence electrons. The molecule has 1 amide bonds. The standard InChI is InChI=1S/C30H22ClN3O7/c1-4-34-19-8-5-14(31)9-17(19)30(29(34)37)18(13-32)28(33)41-24-12-23-25(27(36)26(24)30)20(35)11-22(40-23)16-7-6-15(38-2)10-21(16)39-3/h5-12,36H,4,33H2,1-3H3. The summed E-state index contributed by atoms with van der Waals surface area (Å²) in [6, 6.07) is 14.4. The minimum absolute atomic E-state index is 0.0333. The third-order valence-electron chi connectivity index (χ3n) is 7.49. The first-order valence-corrected chi connectivity index (χ1v) is 12.9. The molecule has 0 aliphatic carbocycles. The second-order valence-corrected chi connectivity index (χ2v) is 9.86. The Bertz CT molecular complexity index is 1940. The van der Waals surface area contributed by atoms with Gasteiger partial charge in [0.15, 0.2) is 5.43 Å². The van der Waals surface area contributed by atoms with Crippen molar-refractivity contribution in [2.75, 3.05) is 25.7 Å². The predicted octanol–water partition coefficient (Wildman–Crippen LogP) is 4.58. The van der Waals surface area contributed by atoms with Crippen LogP contribution in [0.4, 0.5) is 5.69 Å². The second-order valence-electron chi connectivity index (χ2n) is 9.43. The number of nitrogens with two attached hydrogens (primary N) is 1. The fraction of sp³-hybridized carbons (Fsp3) is 0.167. The Balaban J connectivity index is 1.69. The van der Waals surface area contributed by atoms with E-state index in [1.165, 1.54) is 31.3 Å². The molecular formula is C30H22ClN3O7. The third-order valence-corrected chi connectivity index (χ3v) is 7.73. The Labute approximate surface area is 238 Å². The van der Waals surface area contributed by atoms with Crippen LogP contribution in [0, 0.1) is 11.3 Å². The van der Waals surface area contributed by atoms with E-state index < -0.39 is 22.5 Å². The number of phenols is 1. The number of anilines is 1. The molecular weight excluding hydrogens is 550 g/mol. The first-order valence-electron chi connectivity index (χ1n) is 12.5. The van der Waals surface area contributed by atoms with Crippen molar-refractivity contribution in [3.8, 4) is 40.4 Å². The minimum Gasteiger partial charge on any atom is -0.507 e. The third kappa shape index (κ3) is 3.42. The number of amides is 1. The van der Waals surface area contributed by atoms with Crippen molar-refractivity contribution in [2.45, 2.75) is 12.3 Å². The minimum atomic E-state index is -1.91. The lowest BCUT2D eigenvalue weighted by atomic mass is 9.68. The van der Waals surface area contributed by atoms with Gasteiger partial charge in [-0.3, -0.25) is 9.59 Å². The average molecular weight is 572 g/mol. The van der Waals surface area contributed by atoms with Gasteiger partial charge in [-0.1, -0.05) is 11.6 Å². The SMILES string of the molecule is CCN1C(=O)C2(C(C#N)=C(N)Oc3cc4oc(-c5ccc(OC)cc5OC)cc(=O)c4c(O)c32)c2cc(Cl)ccc21. The second kappa shape index (κ2) is 9.21. The van der Waals surface area contributed by atoms with Crippen LogP contribution in [0.3, 0.4) is 0 Å². The lowest BCUT2D eigenvalue weighted by Crippen LogP contribution is -2.46. The molecule has 10 nitrogen and oxygen atoms in total. The average Bonchev–Trinajstić information content (AvgIpc) is 3.19. The molecule has 0 fully saturated rings. The molecule has 3 heterocycles. The first kappa shape index (κ1) is 26.1. The monoisotopic (exact) mass is 571 g/mol. The highest BCUT2D eigenvalue weighted by Crippen LogP contribution is 2.59. The summed E-state index contributed by atoms with van der Waals surface area (Å²) in [5.74, 6) is -0.412. The number of hydrogen-bond donors (Lipinski definition) is 2. The number of rotatable bonds is 4. The molecule has 1 aromatic heterocycles. The molecule has 11 heteroatoms. The van der Waals surface area contributed by atoms with Gasteiger partial charge in [-0.25, -0.2) is 0 Å². The number of phenolic OH excluding ortho intramolecular Hbond substituents is 1. The number of benzene rings is 3. The fourth-order valence-corrected chi connectivity index (χ4v) is 5.92. The normalized spacial score (nSPS) is 17.3. The van der Waals surface area contributed by atoms with Crippen LogP contribution < -0.4 is 30.3 Å². The maximum Gasteiger partial charge on any atom is 0.247 e. The lowest BCUT2D eigenvalue weighted by molar-refractivity contribution is -0.120. The Morgan fingerprint density at radius 1 is 1.12 bits per heavy atom. The zero-order valence-electron chi connectivity index (χ0n) is 22.1. The van der Waals surface area contributed by atoms with Crippen molar-refractivity contribution in [3.63, 3.8) is 0 Å². The van der Waals surface area contributed by atoms with E-state index >= 15 is 0 Å². The molecule has 2 aliphatic heterocycles. The number of methoxy groups -OCH3 is 2. The van der Waals surface area contributed by atoms with Gasteiger partial charge in [0.2, 0.25) is 11.8 Å². The van der Waals surface area contributed by atoms with Crippen molar-refractivity contribution in [3.05, 3.63) is 86.4 Å². The summed E-state index contributed by atoms with van der Waals surface area (Å²) in [7, 11) is 2.99. The molecule has 41 heavy (non-hydrogen) atoms. The van der Waals surface area contributed by atoms with Gasteiger partial charge < -0.3 is 34.4 Å². The van der Waals surface area contributed by atoms with Crippen LogP contribution in [0.5, 0.6) is 23.0 Å². The highest BCUT2D eigenvalue weighted by atomic mass is 35.5. The smallest absolute Gasteiger partial charge is 0.247 e. The van der Waals surface area contributed by atoms with Gasteiger partial charge in [0, 0.05) is 41.0 Å². The van der Waals surface area contributed by atoms with E-state index in [0.29, 0.717) is 33.3 Å². The number of likely N-dealkylation sites (N-methyl/N-ethyl adjacent to an activating group) is 1. The van der Waals surface area contributed by atoms with Crippen LogP contribution in [0.25, 0.3) is 22.3 Å². The Morgan fingerprint density at radius 2 is 1.90 bits per heavy atom. The Hall–Kier alpha value is -5.14. The molecule has 0 saturated carbocycles. The summed E-state index contributed by atoms with van der Waals surface area (Å²) < 4.78 is 22.6. The van der Waals surface area contributed by atoms with Crippen LogP contribution in [-0.4, -0.2) is 31.8 Å². The molecule has 0 bridgehead atoms. The molecule has 3 N–H and O–H groups in total. The molecule has 1 unspecified atom stereocenters. The van der Waals surface area contributed by atoms with E-state index in [1.54, 1.807) is 43.3 Å². The highest BCUT2D eigenvalue weighted by Gasteiger charge is 2.60. The van der Waals surface area contributed by atoms with E-state index in [0.717, 1.165) is 0 Å². The van der Waals surface area contributed by atoms with Crippen molar-refractivity contribution in [1.29, 1.82) is 5.26 Å². The number of hydrogen-bond acceptors (Lipinski definition) is 9. The van der Waals surface area contributed by atoms with E-state index in [4.69, 9.17) is 36.0 Å². The van der Waals surface area contributed by atoms with Crippen molar-refractivity contribution in [1.82, 2.24) is 0 Å². The van der Waals surface area contributed by atoms with Gasteiger partial charge in [-0.2, -0.15) is 5.26 Å². The molecule has 0 saturated heterocycles. The van der Waals surface area contributed by atoms with E-state index in [1.807, 2.05) is 6.07 Å². The summed E-state index contributed by atoms with van der Waals surface area (Å²) in [6.07, 6.45) is 0. The summed E-state index contributed by atoms with van der Waals surface area (Å²) >= 11 is 6.36. The van der Waals surface area contributed by atoms with Crippen LogP contribution in [-0.2, 0) is 10.2 Å². The zero-order valence-corrected chi connectivity index (χ0v) is 22.8. The molecule has 2 aliphatic rings. The van der Waals surface area contributed by atoms with Crippen molar-refractivity contribution >= 4 is 34.2 Å². The van der Waals surface area contributed by atoms with Gasteiger partial charge >= 0.3 is 0 Å². The molecule has 6 rings (SSSR count). The van der Waals surface area contributed by atoms with E-state index in [-0.39, 0.29) is 46.0 Å².